The summed E-state index contributed by atoms with van der Waals surface area (Å²) >= 11 is 0. The molecule has 1 atom stereocenters. The van der Waals surface area contributed by atoms with Crippen molar-refractivity contribution < 1.29 is 4.79 Å². The summed E-state index contributed by atoms with van der Waals surface area (Å²) in [5.41, 5.74) is 5.40. The van der Waals surface area contributed by atoms with Gasteiger partial charge in [-0.2, -0.15) is 0 Å². The van der Waals surface area contributed by atoms with Gasteiger partial charge in [0.1, 0.15) is 0 Å². The van der Waals surface area contributed by atoms with Crippen LogP contribution < -0.4 is 16.4 Å². The number of hydrogen-bond donors (Lipinski definition) is 3. The van der Waals surface area contributed by atoms with Crippen LogP contribution in [-0.2, 0) is 4.79 Å². The fourth-order valence-electron chi connectivity index (χ4n) is 0.755. The molecule has 0 aromatic rings. The number of hydrogen-bond acceptors (Lipinski definition) is 3. The van der Waals surface area contributed by atoms with Crippen LogP contribution in [0.3, 0.4) is 0 Å². The van der Waals surface area contributed by atoms with E-state index in [9.17, 15) is 4.79 Å². The Morgan fingerprint density at radius 1 is 1.56 bits per heavy atom. The third kappa shape index (κ3) is 1.65. The zero-order valence-corrected chi connectivity index (χ0v) is 5.18. The molecular weight excluding hydrogens is 118 g/mol. The van der Waals surface area contributed by atoms with Gasteiger partial charge in [0.15, 0.2) is 0 Å². The number of nitrogens with one attached hydrogen (secondary N) is 2. The van der Waals surface area contributed by atoms with Crippen molar-refractivity contribution in [3.05, 3.63) is 0 Å². The van der Waals surface area contributed by atoms with Gasteiger partial charge in [0.05, 0.1) is 6.04 Å². The molecule has 1 aliphatic heterocycles. The number of nitrogens with two attached hydrogens (primary N) is 1. The van der Waals surface area contributed by atoms with E-state index in [1.54, 1.807) is 0 Å². The van der Waals surface area contributed by atoms with Crippen LogP contribution in [0.1, 0.15) is 0 Å². The van der Waals surface area contributed by atoms with Gasteiger partial charge in [0.2, 0.25) is 5.91 Å². The van der Waals surface area contributed by atoms with Crippen LogP contribution in [0.2, 0.25) is 0 Å². The molecule has 4 heteroatoms. The second-order valence-electron chi connectivity index (χ2n) is 2.10. The highest BCUT2D eigenvalue weighted by Gasteiger charge is 2.14. The minimum absolute atomic E-state index is 0.0556. The molecule has 52 valence electrons. The Balaban J connectivity index is 2.41. The van der Waals surface area contributed by atoms with Crippen LogP contribution in [0.5, 0.6) is 0 Å². The van der Waals surface area contributed by atoms with E-state index >= 15 is 0 Å². The van der Waals surface area contributed by atoms with Crippen LogP contribution in [-0.4, -0.2) is 31.6 Å². The van der Waals surface area contributed by atoms with Crippen LogP contribution in [0.15, 0.2) is 0 Å². The van der Waals surface area contributed by atoms with Gasteiger partial charge in [0.25, 0.3) is 0 Å². The normalized spacial score (nSPS) is 29.0. The molecule has 0 unspecified atom stereocenters. The summed E-state index contributed by atoms with van der Waals surface area (Å²) in [6, 6.07) is -0.368. The van der Waals surface area contributed by atoms with Gasteiger partial charge in [-0.3, -0.25) is 4.79 Å². The van der Waals surface area contributed by atoms with Gasteiger partial charge < -0.3 is 16.4 Å². The highest BCUT2D eigenvalue weighted by atomic mass is 16.2. The third-order valence-electron chi connectivity index (χ3n) is 1.30. The van der Waals surface area contributed by atoms with Gasteiger partial charge in [-0.1, -0.05) is 0 Å². The summed E-state index contributed by atoms with van der Waals surface area (Å²) in [5, 5.41) is 5.69. The lowest BCUT2D eigenvalue weighted by molar-refractivity contribution is -0.121. The largest absolute Gasteiger partial charge is 0.353 e. The Morgan fingerprint density at radius 3 is 3.11 bits per heavy atom. The maximum atomic E-state index is 10.7. The maximum Gasteiger partial charge on any atom is 0.238 e. The van der Waals surface area contributed by atoms with E-state index in [-0.39, 0.29) is 11.9 Å². The van der Waals surface area contributed by atoms with E-state index in [1.165, 1.54) is 0 Å². The molecule has 1 rings (SSSR count). The van der Waals surface area contributed by atoms with Crippen molar-refractivity contribution >= 4 is 5.91 Å². The fourth-order valence-corrected chi connectivity index (χ4v) is 0.755. The van der Waals surface area contributed by atoms with Gasteiger partial charge in [-0.25, -0.2) is 0 Å². The average Bonchev–Trinajstić information content (AvgIpc) is 1.99. The minimum atomic E-state index is -0.368. The molecule has 1 heterocycles. The van der Waals surface area contributed by atoms with E-state index in [1.807, 2.05) is 0 Å². The molecule has 4 nitrogen and oxygen atoms in total. The Bertz CT molecular complexity index is 115. The highest BCUT2D eigenvalue weighted by Crippen LogP contribution is 1.79. The van der Waals surface area contributed by atoms with Gasteiger partial charge in [0, 0.05) is 19.6 Å². The lowest BCUT2D eigenvalue weighted by Crippen LogP contribution is -2.42. The molecule has 9 heavy (non-hydrogen) atoms. The number of carbonyl (C=O) groups excluding carboxylic acids is 1. The summed E-state index contributed by atoms with van der Waals surface area (Å²) < 4.78 is 0. The number of amides is 1. The average molecular weight is 129 g/mol. The molecule has 4 N–H and O–H groups in total. The summed E-state index contributed by atoms with van der Waals surface area (Å²) in [6.07, 6.45) is 0. The third-order valence-corrected chi connectivity index (χ3v) is 1.30. The van der Waals surface area contributed by atoms with Crippen LogP contribution >= 0.6 is 0 Å². The molecule has 1 fully saturated rings. The Kier molecular flexibility index (Phi) is 2.02. The van der Waals surface area contributed by atoms with Gasteiger partial charge in [-0.15, -0.1) is 0 Å². The highest BCUT2D eigenvalue weighted by molar-refractivity contribution is 5.81. The van der Waals surface area contributed by atoms with Crippen LogP contribution in [0.4, 0.5) is 0 Å². The molecule has 0 bridgehead atoms. The molecule has 0 aromatic heterocycles. The predicted molar refractivity (Wildman–Crippen MR) is 33.9 cm³/mol. The first-order chi connectivity index (χ1) is 4.30. The first-order valence-electron chi connectivity index (χ1n) is 3.05. The summed E-state index contributed by atoms with van der Waals surface area (Å²) in [6.45, 7) is 2.10. The molecule has 0 saturated carbocycles. The fraction of sp³-hybridized carbons (Fsp3) is 0.800. The van der Waals surface area contributed by atoms with E-state index in [0.717, 1.165) is 6.54 Å². The first-order valence-corrected chi connectivity index (χ1v) is 3.05. The van der Waals surface area contributed by atoms with Crippen molar-refractivity contribution in [2.24, 2.45) is 5.73 Å². The van der Waals surface area contributed by atoms with E-state index < -0.39 is 0 Å². The zero-order chi connectivity index (χ0) is 6.69. The first kappa shape index (κ1) is 6.51. The molecule has 1 saturated heterocycles. The molecule has 0 radical (unpaired) electrons. The Hall–Kier alpha value is -0.610. The van der Waals surface area contributed by atoms with Crippen molar-refractivity contribution in [2.75, 3.05) is 19.6 Å². The van der Waals surface area contributed by atoms with E-state index in [4.69, 9.17) is 5.73 Å². The van der Waals surface area contributed by atoms with Crippen molar-refractivity contribution in [3.8, 4) is 0 Å². The summed E-state index contributed by atoms with van der Waals surface area (Å²) in [4.78, 5) is 10.7. The second kappa shape index (κ2) is 2.80. The van der Waals surface area contributed by atoms with Crippen molar-refractivity contribution in [2.45, 2.75) is 6.04 Å². The molecule has 0 spiro atoms. The van der Waals surface area contributed by atoms with Crippen LogP contribution in [0, 0.1) is 0 Å². The quantitative estimate of drug-likeness (QED) is 0.355. The standard InChI is InChI=1S/C5H11N3O/c6-4-3-7-1-2-8-5(4)9/h4,7H,1-3,6H2,(H,8,9)/t4-/m1/s1. The monoisotopic (exact) mass is 129 g/mol. The maximum absolute atomic E-state index is 10.7. The van der Waals surface area contributed by atoms with E-state index in [2.05, 4.69) is 10.6 Å². The van der Waals surface area contributed by atoms with Crippen molar-refractivity contribution in [1.29, 1.82) is 0 Å². The Labute approximate surface area is 53.8 Å². The lowest BCUT2D eigenvalue weighted by atomic mass is 10.3. The van der Waals surface area contributed by atoms with Crippen molar-refractivity contribution in [3.63, 3.8) is 0 Å². The minimum Gasteiger partial charge on any atom is -0.353 e. The number of rotatable bonds is 0. The molecule has 1 aliphatic rings. The molecule has 1 amide bonds. The molecular formula is C5H11N3O. The molecule has 0 aromatic carbocycles. The second-order valence-corrected chi connectivity index (χ2v) is 2.10. The smallest absolute Gasteiger partial charge is 0.238 e. The van der Waals surface area contributed by atoms with Gasteiger partial charge >= 0.3 is 0 Å². The molecule has 0 aliphatic carbocycles. The van der Waals surface area contributed by atoms with Crippen molar-refractivity contribution in [1.82, 2.24) is 10.6 Å². The topological polar surface area (TPSA) is 67.2 Å². The SMILES string of the molecule is N[C@@H]1CNCCNC1=O. The Morgan fingerprint density at radius 2 is 2.33 bits per heavy atom. The van der Waals surface area contributed by atoms with Gasteiger partial charge in [-0.05, 0) is 0 Å². The number of carbonyl (C=O) groups is 1. The van der Waals surface area contributed by atoms with E-state index in [0.29, 0.717) is 13.1 Å². The predicted octanol–water partition coefficient (Wildman–Crippen LogP) is -1.97. The lowest BCUT2D eigenvalue weighted by Gasteiger charge is -2.03. The van der Waals surface area contributed by atoms with Crippen LogP contribution in [0.25, 0.3) is 0 Å². The zero-order valence-electron chi connectivity index (χ0n) is 5.18. The summed E-state index contributed by atoms with van der Waals surface area (Å²) in [5.74, 6) is -0.0556. The summed E-state index contributed by atoms with van der Waals surface area (Å²) in [7, 11) is 0.